The average molecular weight is 581 g/mol. The Balaban J connectivity index is 0.912. The third kappa shape index (κ3) is 4.00. The van der Waals surface area contributed by atoms with Crippen LogP contribution >= 0.6 is 0 Å². The monoisotopic (exact) mass is 580 g/mol. The fourth-order valence-corrected chi connectivity index (χ4v) is 11.8. The molecule has 0 unspecified atom stereocenters. The van der Waals surface area contributed by atoms with Crippen molar-refractivity contribution in [2.24, 2.45) is 51.8 Å². The van der Waals surface area contributed by atoms with Crippen LogP contribution in [0.15, 0.2) is 11.6 Å². The van der Waals surface area contributed by atoms with Crippen molar-refractivity contribution in [3.05, 3.63) is 11.6 Å². The van der Waals surface area contributed by atoms with E-state index in [1.54, 1.807) is 5.57 Å². The minimum absolute atomic E-state index is 0.0249. The van der Waals surface area contributed by atoms with Gasteiger partial charge in [0.05, 0.1) is 31.3 Å². The van der Waals surface area contributed by atoms with Gasteiger partial charge in [0, 0.05) is 31.5 Å². The molecule has 4 aliphatic heterocycles. The first-order chi connectivity index (χ1) is 20.0. The summed E-state index contributed by atoms with van der Waals surface area (Å²) in [6, 6.07) is 0.146. The third-order valence-electron chi connectivity index (χ3n) is 14.3. The van der Waals surface area contributed by atoms with Gasteiger partial charge in [0.15, 0.2) is 5.79 Å². The molecule has 4 saturated heterocycles. The zero-order valence-electron chi connectivity index (χ0n) is 26.3. The van der Waals surface area contributed by atoms with Crippen molar-refractivity contribution in [3.8, 4) is 0 Å². The molecule has 4 aliphatic carbocycles. The van der Waals surface area contributed by atoms with Gasteiger partial charge in [-0.1, -0.05) is 39.3 Å². The summed E-state index contributed by atoms with van der Waals surface area (Å²) in [7, 11) is 0. The van der Waals surface area contributed by atoms with E-state index >= 15 is 0 Å². The Morgan fingerprint density at radius 3 is 2.57 bits per heavy atom. The summed E-state index contributed by atoms with van der Waals surface area (Å²) in [6.07, 6.45) is 13.2. The number of ether oxygens (including phenoxy) is 3. The molecule has 0 aromatic heterocycles. The SMILES string of the molecule is C[C@@H]1CC[C@@]2(OC1)O[C@H]1C[C@H]3[C@@H]4CC=C5C[C@@H](NC(=O)CC(=O)N6CC7(COC7)C6)CC[C@]5(C)[C@H]4CC[C@]3(C)[C@H]1[C@@H]2C. The van der Waals surface area contributed by atoms with Crippen molar-refractivity contribution in [2.45, 2.75) is 110 Å². The number of allylic oxidation sites excluding steroid dienone is 1. The Kier molecular flexibility index (Phi) is 6.37. The quantitative estimate of drug-likeness (QED) is 0.372. The van der Waals surface area contributed by atoms with Gasteiger partial charge in [-0.05, 0) is 91.8 Å². The number of nitrogens with zero attached hydrogens (tertiary/aromatic N) is 1. The molecule has 0 radical (unpaired) electrons. The normalized spacial score (nSPS) is 50.1. The van der Waals surface area contributed by atoms with E-state index in [4.69, 9.17) is 14.2 Å². The number of fused-ring (bicyclic) bond motifs is 7. The first-order valence-corrected chi connectivity index (χ1v) is 17.2. The van der Waals surface area contributed by atoms with Crippen LogP contribution in [0.25, 0.3) is 0 Å². The second-order valence-corrected chi connectivity index (χ2v) is 16.7. The van der Waals surface area contributed by atoms with Crippen LogP contribution < -0.4 is 5.32 Å². The molecule has 0 aromatic rings. The first-order valence-electron chi connectivity index (χ1n) is 17.2. The van der Waals surface area contributed by atoms with Crippen molar-refractivity contribution in [1.82, 2.24) is 10.2 Å². The van der Waals surface area contributed by atoms with E-state index in [0.717, 1.165) is 76.3 Å². The number of rotatable bonds is 3. The fourth-order valence-electron chi connectivity index (χ4n) is 11.8. The molecule has 0 bridgehead atoms. The molecular formula is C35H52N2O5. The fraction of sp³-hybridized carbons (Fsp3) is 0.886. The molecule has 232 valence electrons. The lowest BCUT2D eigenvalue weighted by molar-refractivity contribution is -0.272. The van der Waals surface area contributed by atoms with Crippen LogP contribution in [-0.4, -0.2) is 67.6 Å². The molecule has 8 rings (SSSR count). The summed E-state index contributed by atoms with van der Waals surface area (Å²) in [5.41, 5.74) is 2.32. The van der Waals surface area contributed by atoms with E-state index in [9.17, 15) is 9.59 Å². The van der Waals surface area contributed by atoms with Crippen LogP contribution in [0.1, 0.15) is 91.9 Å². The summed E-state index contributed by atoms with van der Waals surface area (Å²) < 4.78 is 18.8. The molecule has 2 spiro atoms. The highest BCUT2D eigenvalue weighted by atomic mass is 16.7. The molecule has 2 amide bonds. The average Bonchev–Trinajstić information content (AvgIpc) is 3.34. The number of likely N-dealkylation sites (tertiary alicyclic amines) is 1. The summed E-state index contributed by atoms with van der Waals surface area (Å²) in [5.74, 6) is 3.40. The second kappa shape index (κ2) is 9.53. The van der Waals surface area contributed by atoms with Gasteiger partial charge in [0.1, 0.15) is 6.42 Å². The maximum Gasteiger partial charge on any atom is 0.232 e. The molecule has 3 saturated carbocycles. The molecule has 7 heteroatoms. The number of hydrogen-bond donors (Lipinski definition) is 1. The Morgan fingerprint density at radius 2 is 1.86 bits per heavy atom. The first kappa shape index (κ1) is 28.1. The standard InChI is InChI=1S/C35H52N2O5/c1-21-7-12-35(41-16-21)22(2)31-28(42-35)14-27-25-6-5-23-13-24(8-10-32(23,3)26(25)9-11-33(27,31)4)36-29(38)15-30(39)37-17-34(18-37)19-40-20-34/h5,21-22,24-28,31H,6-20H2,1-4H3,(H,36,38)/t21-,22+,24+,25-,26+,27+,28+,31+,32+,33+,35-/m1/s1. The highest BCUT2D eigenvalue weighted by Gasteiger charge is 2.68. The van der Waals surface area contributed by atoms with E-state index < -0.39 is 0 Å². The van der Waals surface area contributed by atoms with Crippen LogP contribution in [0.5, 0.6) is 0 Å². The molecule has 4 heterocycles. The summed E-state index contributed by atoms with van der Waals surface area (Å²) >= 11 is 0. The number of nitrogens with one attached hydrogen (secondary N) is 1. The predicted octanol–water partition coefficient (Wildman–Crippen LogP) is 5.09. The van der Waals surface area contributed by atoms with Crippen LogP contribution in [0, 0.1) is 51.8 Å². The molecule has 1 N–H and O–H groups in total. The smallest absolute Gasteiger partial charge is 0.232 e. The molecule has 8 aliphatic rings. The van der Waals surface area contributed by atoms with Gasteiger partial charge in [0.25, 0.3) is 0 Å². The zero-order valence-corrected chi connectivity index (χ0v) is 26.3. The zero-order chi connectivity index (χ0) is 29.1. The molecule has 42 heavy (non-hydrogen) atoms. The van der Waals surface area contributed by atoms with Gasteiger partial charge >= 0.3 is 0 Å². The maximum atomic E-state index is 12.9. The summed E-state index contributed by atoms with van der Waals surface area (Å²) in [6.45, 7) is 13.7. The Labute approximate surface area is 251 Å². The lowest BCUT2D eigenvalue weighted by Crippen LogP contribution is -2.67. The van der Waals surface area contributed by atoms with Gasteiger partial charge in [-0.15, -0.1) is 0 Å². The van der Waals surface area contributed by atoms with Crippen molar-refractivity contribution in [3.63, 3.8) is 0 Å². The van der Waals surface area contributed by atoms with Crippen molar-refractivity contribution in [2.75, 3.05) is 32.9 Å². The van der Waals surface area contributed by atoms with Crippen LogP contribution in [0.4, 0.5) is 0 Å². The van der Waals surface area contributed by atoms with E-state index in [-0.39, 0.29) is 40.9 Å². The van der Waals surface area contributed by atoms with Crippen LogP contribution in [-0.2, 0) is 23.8 Å². The van der Waals surface area contributed by atoms with Gasteiger partial charge in [-0.3, -0.25) is 9.59 Å². The second-order valence-electron chi connectivity index (χ2n) is 16.7. The Hall–Kier alpha value is -1.44. The Morgan fingerprint density at radius 1 is 1.05 bits per heavy atom. The lowest BCUT2D eigenvalue weighted by atomic mass is 9.46. The highest BCUT2D eigenvalue weighted by molar-refractivity contribution is 5.97. The van der Waals surface area contributed by atoms with E-state index in [1.807, 2.05) is 4.90 Å². The number of carbonyl (C=O) groups excluding carboxylic acids is 2. The number of amides is 2. The van der Waals surface area contributed by atoms with E-state index in [0.29, 0.717) is 29.3 Å². The van der Waals surface area contributed by atoms with Crippen molar-refractivity contribution in [1.29, 1.82) is 0 Å². The molecule has 11 atom stereocenters. The molecule has 0 aromatic carbocycles. The van der Waals surface area contributed by atoms with Crippen LogP contribution in [0.3, 0.4) is 0 Å². The minimum Gasteiger partial charge on any atom is -0.380 e. The molecule has 7 nitrogen and oxygen atoms in total. The number of hydrogen-bond acceptors (Lipinski definition) is 5. The predicted molar refractivity (Wildman–Crippen MR) is 158 cm³/mol. The minimum atomic E-state index is -0.339. The topological polar surface area (TPSA) is 77.1 Å². The number of carbonyl (C=O) groups is 2. The highest BCUT2D eigenvalue weighted by Crippen LogP contribution is 2.70. The lowest BCUT2D eigenvalue weighted by Gasteiger charge is -2.58. The van der Waals surface area contributed by atoms with Crippen LogP contribution in [0.2, 0.25) is 0 Å². The largest absolute Gasteiger partial charge is 0.380 e. The summed E-state index contributed by atoms with van der Waals surface area (Å²) in [5, 5.41) is 3.25. The van der Waals surface area contributed by atoms with Crippen molar-refractivity contribution >= 4 is 11.8 Å². The van der Waals surface area contributed by atoms with Gasteiger partial charge in [0.2, 0.25) is 11.8 Å². The van der Waals surface area contributed by atoms with E-state index in [2.05, 4.69) is 39.1 Å². The summed E-state index contributed by atoms with van der Waals surface area (Å²) in [4.78, 5) is 27.3. The van der Waals surface area contributed by atoms with E-state index in [1.165, 1.54) is 32.1 Å². The maximum absolute atomic E-state index is 12.9. The third-order valence-corrected chi connectivity index (χ3v) is 14.3. The molecular weight excluding hydrogens is 528 g/mol. The Bertz CT molecular complexity index is 1160. The van der Waals surface area contributed by atoms with Gasteiger partial charge < -0.3 is 24.4 Å². The van der Waals surface area contributed by atoms with Gasteiger partial charge in [-0.2, -0.15) is 0 Å². The van der Waals surface area contributed by atoms with Crippen molar-refractivity contribution < 1.29 is 23.8 Å². The molecule has 7 fully saturated rings. The van der Waals surface area contributed by atoms with Gasteiger partial charge in [-0.25, -0.2) is 0 Å².